The molecule has 18 heavy (non-hydrogen) atoms. The minimum Gasteiger partial charge on any atom is -0.483 e. The van der Waals surface area contributed by atoms with E-state index in [-0.39, 0.29) is 11.5 Å². The van der Waals surface area contributed by atoms with Gasteiger partial charge in [-0.15, -0.1) is 0 Å². The molecule has 0 bridgehead atoms. The molecule has 0 radical (unpaired) electrons. The number of hydrogen-bond donors (Lipinski definition) is 1. The fourth-order valence-electron chi connectivity index (χ4n) is 1.70. The van der Waals surface area contributed by atoms with Gasteiger partial charge in [0.1, 0.15) is 16.8 Å². The Morgan fingerprint density at radius 2 is 1.83 bits per heavy atom. The minimum atomic E-state index is -0.176. The second-order valence-electron chi connectivity index (χ2n) is 5.18. The van der Waals surface area contributed by atoms with Crippen LogP contribution in [0, 0.1) is 0 Å². The van der Waals surface area contributed by atoms with Crippen molar-refractivity contribution < 1.29 is 4.74 Å². The van der Waals surface area contributed by atoms with Gasteiger partial charge in [0.2, 0.25) is 0 Å². The molecule has 2 nitrogen and oxygen atoms in total. The van der Waals surface area contributed by atoms with Gasteiger partial charge in [-0.25, -0.2) is 0 Å². The van der Waals surface area contributed by atoms with Crippen LogP contribution in [0.5, 0.6) is 5.75 Å². The molecule has 1 unspecified atom stereocenters. The lowest BCUT2D eigenvalue weighted by molar-refractivity contribution is 0.264. The molecule has 0 spiro atoms. The standard InChI is InChI=1S/C15H23NOS/c1-5-13(14(16)18)17-12-9-7-11(8-10-12)15(3,4)6-2/h7-10,13H,5-6H2,1-4H3,(H2,16,18). The van der Waals surface area contributed by atoms with E-state index in [0.717, 1.165) is 18.6 Å². The van der Waals surface area contributed by atoms with Gasteiger partial charge >= 0.3 is 0 Å². The van der Waals surface area contributed by atoms with E-state index in [9.17, 15) is 0 Å². The Morgan fingerprint density at radius 1 is 1.28 bits per heavy atom. The Hall–Kier alpha value is -1.09. The highest BCUT2D eigenvalue weighted by Gasteiger charge is 2.18. The molecule has 0 aliphatic rings. The Morgan fingerprint density at radius 3 is 2.22 bits per heavy atom. The quantitative estimate of drug-likeness (QED) is 0.794. The normalized spacial score (nSPS) is 13.1. The van der Waals surface area contributed by atoms with Crippen LogP contribution in [0.15, 0.2) is 24.3 Å². The van der Waals surface area contributed by atoms with Crippen molar-refractivity contribution in [2.45, 2.75) is 52.1 Å². The second kappa shape index (κ2) is 6.19. The fourth-order valence-corrected chi connectivity index (χ4v) is 1.91. The summed E-state index contributed by atoms with van der Waals surface area (Å²) in [5.74, 6) is 0.824. The monoisotopic (exact) mass is 265 g/mol. The van der Waals surface area contributed by atoms with Gasteiger partial charge in [0.25, 0.3) is 0 Å². The van der Waals surface area contributed by atoms with E-state index in [2.05, 4.69) is 32.9 Å². The van der Waals surface area contributed by atoms with E-state index in [1.54, 1.807) is 0 Å². The summed E-state index contributed by atoms with van der Waals surface area (Å²) < 4.78 is 5.76. The molecule has 0 saturated carbocycles. The van der Waals surface area contributed by atoms with Crippen LogP contribution < -0.4 is 10.5 Å². The van der Waals surface area contributed by atoms with E-state index in [1.165, 1.54) is 5.56 Å². The molecule has 3 heteroatoms. The lowest BCUT2D eigenvalue weighted by Gasteiger charge is -2.24. The van der Waals surface area contributed by atoms with E-state index in [1.807, 2.05) is 19.1 Å². The molecule has 0 saturated heterocycles. The van der Waals surface area contributed by atoms with Gasteiger partial charge in [-0.1, -0.05) is 52.0 Å². The van der Waals surface area contributed by atoms with Gasteiger partial charge in [-0.05, 0) is 36.0 Å². The van der Waals surface area contributed by atoms with E-state index < -0.39 is 0 Å². The van der Waals surface area contributed by atoms with Gasteiger partial charge in [0.15, 0.2) is 0 Å². The van der Waals surface area contributed by atoms with Crippen molar-refractivity contribution in [2.75, 3.05) is 0 Å². The van der Waals surface area contributed by atoms with Crippen LogP contribution in [0.4, 0.5) is 0 Å². The molecule has 2 N–H and O–H groups in total. The highest BCUT2D eigenvalue weighted by molar-refractivity contribution is 7.80. The number of hydrogen-bond acceptors (Lipinski definition) is 2. The molecule has 0 amide bonds. The fraction of sp³-hybridized carbons (Fsp3) is 0.533. The molecular formula is C15H23NOS. The predicted molar refractivity (Wildman–Crippen MR) is 81.3 cm³/mol. The zero-order chi connectivity index (χ0) is 13.8. The van der Waals surface area contributed by atoms with Crippen molar-refractivity contribution in [1.82, 2.24) is 0 Å². The van der Waals surface area contributed by atoms with Crippen LogP contribution in [0.1, 0.15) is 46.1 Å². The summed E-state index contributed by atoms with van der Waals surface area (Å²) in [6.45, 7) is 8.70. The maximum absolute atomic E-state index is 5.76. The van der Waals surface area contributed by atoms with Gasteiger partial charge in [0.05, 0.1) is 0 Å². The first-order valence-electron chi connectivity index (χ1n) is 6.47. The number of rotatable bonds is 6. The van der Waals surface area contributed by atoms with E-state index >= 15 is 0 Å². The second-order valence-corrected chi connectivity index (χ2v) is 5.65. The Bertz CT molecular complexity index is 397. The topological polar surface area (TPSA) is 35.2 Å². The van der Waals surface area contributed by atoms with Crippen molar-refractivity contribution in [1.29, 1.82) is 0 Å². The lowest BCUT2D eigenvalue weighted by atomic mass is 9.82. The molecule has 0 aromatic heterocycles. The summed E-state index contributed by atoms with van der Waals surface area (Å²) in [7, 11) is 0. The summed E-state index contributed by atoms with van der Waals surface area (Å²) in [5.41, 5.74) is 7.14. The summed E-state index contributed by atoms with van der Waals surface area (Å²) in [4.78, 5) is 0.412. The van der Waals surface area contributed by atoms with Crippen molar-refractivity contribution in [2.24, 2.45) is 5.73 Å². The predicted octanol–water partition coefficient (Wildman–Crippen LogP) is 3.82. The van der Waals surface area contributed by atoms with Gasteiger partial charge in [-0.2, -0.15) is 0 Å². The molecule has 100 valence electrons. The van der Waals surface area contributed by atoms with Crippen molar-refractivity contribution in [3.05, 3.63) is 29.8 Å². The third-order valence-corrected chi connectivity index (χ3v) is 3.75. The molecule has 0 heterocycles. The number of nitrogens with two attached hydrogens (primary N) is 1. The Kier molecular flexibility index (Phi) is 5.15. The molecule has 1 aromatic rings. The van der Waals surface area contributed by atoms with Gasteiger partial charge in [0, 0.05) is 0 Å². The highest BCUT2D eigenvalue weighted by atomic mass is 32.1. The average Bonchev–Trinajstić information content (AvgIpc) is 2.36. The minimum absolute atomic E-state index is 0.176. The summed E-state index contributed by atoms with van der Waals surface area (Å²) >= 11 is 4.97. The van der Waals surface area contributed by atoms with Gasteiger partial charge in [-0.3, -0.25) is 0 Å². The summed E-state index contributed by atoms with van der Waals surface area (Å²) in [5, 5.41) is 0. The molecule has 0 fully saturated rings. The number of ether oxygens (including phenoxy) is 1. The smallest absolute Gasteiger partial charge is 0.148 e. The first-order chi connectivity index (χ1) is 8.40. The van der Waals surface area contributed by atoms with Crippen molar-refractivity contribution in [3.63, 3.8) is 0 Å². The first kappa shape index (κ1) is 15.0. The van der Waals surface area contributed by atoms with E-state index in [4.69, 9.17) is 22.7 Å². The van der Waals surface area contributed by atoms with Crippen LogP contribution in [0.2, 0.25) is 0 Å². The molecule has 0 aliphatic carbocycles. The van der Waals surface area contributed by atoms with Crippen LogP contribution >= 0.6 is 12.2 Å². The summed E-state index contributed by atoms with van der Waals surface area (Å²) in [6.07, 6.45) is 1.72. The van der Waals surface area contributed by atoms with Crippen molar-refractivity contribution >= 4 is 17.2 Å². The average molecular weight is 265 g/mol. The van der Waals surface area contributed by atoms with Crippen LogP contribution in [-0.2, 0) is 5.41 Å². The highest BCUT2D eigenvalue weighted by Crippen LogP contribution is 2.28. The van der Waals surface area contributed by atoms with Crippen LogP contribution in [0.3, 0.4) is 0 Å². The third kappa shape index (κ3) is 3.70. The molecule has 1 rings (SSSR count). The zero-order valence-electron chi connectivity index (χ0n) is 11.7. The first-order valence-corrected chi connectivity index (χ1v) is 6.88. The van der Waals surface area contributed by atoms with Gasteiger partial charge < -0.3 is 10.5 Å². The molecule has 1 aromatic carbocycles. The zero-order valence-corrected chi connectivity index (χ0v) is 12.5. The Labute approximate surface area is 116 Å². The molecular weight excluding hydrogens is 242 g/mol. The van der Waals surface area contributed by atoms with E-state index in [0.29, 0.717) is 4.99 Å². The SMILES string of the molecule is CCC(Oc1ccc(C(C)(C)CC)cc1)C(N)=S. The van der Waals surface area contributed by atoms with Crippen LogP contribution in [-0.4, -0.2) is 11.1 Å². The summed E-state index contributed by atoms with van der Waals surface area (Å²) in [6, 6.07) is 8.22. The lowest BCUT2D eigenvalue weighted by Crippen LogP contribution is -2.31. The van der Waals surface area contributed by atoms with Crippen molar-refractivity contribution in [3.8, 4) is 5.75 Å². The molecule has 1 atom stereocenters. The maximum atomic E-state index is 5.76. The number of thiocarbonyl (C=S) groups is 1. The molecule has 0 aliphatic heterocycles. The number of benzene rings is 1. The van der Waals surface area contributed by atoms with Crippen LogP contribution in [0.25, 0.3) is 0 Å². The maximum Gasteiger partial charge on any atom is 0.148 e. The Balaban J connectivity index is 2.80. The largest absolute Gasteiger partial charge is 0.483 e. The third-order valence-electron chi connectivity index (χ3n) is 3.49.